The van der Waals surface area contributed by atoms with Gasteiger partial charge in [0.05, 0.1) is 17.6 Å². The van der Waals surface area contributed by atoms with Gasteiger partial charge in [-0.3, -0.25) is 4.79 Å². The van der Waals surface area contributed by atoms with Crippen LogP contribution in [-0.2, 0) is 19.6 Å². The lowest BCUT2D eigenvalue weighted by Crippen LogP contribution is -2.49. The topological polar surface area (TPSA) is 84.0 Å². The summed E-state index contributed by atoms with van der Waals surface area (Å²) >= 11 is 0. The molecule has 0 bridgehead atoms. The van der Waals surface area contributed by atoms with Gasteiger partial charge in [-0.2, -0.15) is 4.31 Å². The van der Waals surface area contributed by atoms with Gasteiger partial charge >= 0.3 is 5.97 Å². The molecule has 3 aliphatic rings. The summed E-state index contributed by atoms with van der Waals surface area (Å²) in [6, 6.07) is 6.89. The zero-order valence-electron chi connectivity index (χ0n) is 18.2. The molecule has 170 valence electrons. The summed E-state index contributed by atoms with van der Waals surface area (Å²) in [7, 11) is -2.60. The van der Waals surface area contributed by atoms with Crippen LogP contribution < -0.4 is 0 Å². The Morgan fingerprint density at radius 3 is 2.16 bits per heavy atom. The number of rotatable bonds is 6. The van der Waals surface area contributed by atoms with Gasteiger partial charge in [0.25, 0.3) is 0 Å². The molecular formula is C23H32N2O5S. The number of hydrogen-bond donors (Lipinski definition) is 0. The molecule has 31 heavy (non-hydrogen) atoms. The highest BCUT2D eigenvalue weighted by atomic mass is 32.2. The summed E-state index contributed by atoms with van der Waals surface area (Å²) in [5.74, 6) is -0.567. The highest BCUT2D eigenvalue weighted by molar-refractivity contribution is 7.89. The first-order chi connectivity index (χ1) is 14.9. The van der Waals surface area contributed by atoms with Crippen molar-refractivity contribution >= 4 is 21.9 Å². The summed E-state index contributed by atoms with van der Waals surface area (Å²) in [6.07, 6.45) is 9.07. The smallest absolute Gasteiger partial charge is 0.339 e. The highest BCUT2D eigenvalue weighted by Crippen LogP contribution is 2.36. The van der Waals surface area contributed by atoms with Crippen molar-refractivity contribution in [3.63, 3.8) is 0 Å². The largest absolute Gasteiger partial charge is 0.465 e. The van der Waals surface area contributed by atoms with Gasteiger partial charge in [0.2, 0.25) is 15.9 Å². The molecule has 1 aromatic rings. The van der Waals surface area contributed by atoms with Crippen molar-refractivity contribution in [3.05, 3.63) is 29.8 Å². The van der Waals surface area contributed by atoms with Gasteiger partial charge in [-0.15, -0.1) is 0 Å². The second-order valence-electron chi connectivity index (χ2n) is 8.93. The van der Waals surface area contributed by atoms with Crippen molar-refractivity contribution in [2.45, 2.75) is 74.8 Å². The summed E-state index contributed by atoms with van der Waals surface area (Å²) in [4.78, 5) is 27.6. The van der Waals surface area contributed by atoms with E-state index in [4.69, 9.17) is 4.74 Å². The van der Waals surface area contributed by atoms with Crippen LogP contribution in [0.5, 0.6) is 0 Å². The molecule has 2 saturated carbocycles. The zero-order chi connectivity index (χ0) is 22.0. The van der Waals surface area contributed by atoms with Gasteiger partial charge in [0.15, 0.2) is 0 Å². The maximum Gasteiger partial charge on any atom is 0.339 e. The zero-order valence-corrected chi connectivity index (χ0v) is 19.0. The number of ether oxygens (including phenoxy) is 1. The minimum absolute atomic E-state index is 0.0339. The van der Waals surface area contributed by atoms with E-state index < -0.39 is 16.0 Å². The number of methoxy groups -OCH3 is 1. The fourth-order valence-corrected chi connectivity index (χ4v) is 6.68. The van der Waals surface area contributed by atoms with Crippen LogP contribution in [0.25, 0.3) is 0 Å². The van der Waals surface area contributed by atoms with Crippen LogP contribution >= 0.6 is 0 Å². The van der Waals surface area contributed by atoms with Gasteiger partial charge in [0.1, 0.15) is 0 Å². The van der Waals surface area contributed by atoms with Crippen molar-refractivity contribution in [2.24, 2.45) is 5.92 Å². The van der Waals surface area contributed by atoms with Crippen LogP contribution in [0, 0.1) is 5.92 Å². The number of piperidine rings is 1. The molecule has 3 fully saturated rings. The van der Waals surface area contributed by atoms with Gasteiger partial charge < -0.3 is 9.64 Å². The second-order valence-corrected chi connectivity index (χ2v) is 10.8. The number of sulfonamides is 1. The number of esters is 1. The van der Waals surface area contributed by atoms with Crippen molar-refractivity contribution in [2.75, 3.05) is 20.2 Å². The van der Waals surface area contributed by atoms with E-state index >= 15 is 0 Å². The normalized spacial score (nSPS) is 21.6. The first kappa shape index (κ1) is 22.3. The highest BCUT2D eigenvalue weighted by Gasteiger charge is 2.42. The molecule has 0 atom stereocenters. The predicted octanol–water partition coefficient (Wildman–Crippen LogP) is 3.20. The number of amides is 1. The SMILES string of the molecule is COC(=O)c1ccccc1S(=O)(=O)N1CCC(C(=O)N(C2CCCCC2)C2CC2)CC1. The van der Waals surface area contributed by atoms with Gasteiger partial charge in [-0.1, -0.05) is 31.4 Å². The molecule has 7 nitrogen and oxygen atoms in total. The Labute approximate surface area is 184 Å². The van der Waals surface area contributed by atoms with Crippen molar-refractivity contribution < 1.29 is 22.7 Å². The maximum atomic E-state index is 13.4. The molecule has 1 heterocycles. The molecule has 0 unspecified atom stereocenters. The van der Waals surface area contributed by atoms with E-state index in [1.807, 2.05) is 0 Å². The molecule has 0 radical (unpaired) electrons. The third kappa shape index (κ3) is 4.65. The quantitative estimate of drug-likeness (QED) is 0.624. The number of hydrogen-bond acceptors (Lipinski definition) is 5. The molecule has 1 amide bonds. The molecule has 0 aromatic heterocycles. The lowest BCUT2D eigenvalue weighted by atomic mass is 9.91. The van der Waals surface area contributed by atoms with Crippen LogP contribution in [0.15, 0.2) is 29.2 Å². The summed E-state index contributed by atoms with van der Waals surface area (Å²) in [6.45, 7) is 0.578. The van der Waals surface area contributed by atoms with E-state index in [-0.39, 0.29) is 35.4 Å². The molecule has 0 N–H and O–H groups in total. The minimum atomic E-state index is -3.83. The van der Waals surface area contributed by atoms with Crippen molar-refractivity contribution in [3.8, 4) is 0 Å². The van der Waals surface area contributed by atoms with Crippen LogP contribution in [0.3, 0.4) is 0 Å². The Balaban J connectivity index is 1.44. The Hall–Kier alpha value is -1.93. The number of carbonyl (C=O) groups excluding carboxylic acids is 2. The fourth-order valence-electron chi connectivity index (χ4n) is 5.03. The lowest BCUT2D eigenvalue weighted by molar-refractivity contribution is -0.140. The minimum Gasteiger partial charge on any atom is -0.465 e. The molecule has 2 aliphatic carbocycles. The van der Waals surface area contributed by atoms with Crippen LogP contribution in [0.1, 0.15) is 68.1 Å². The first-order valence-corrected chi connectivity index (χ1v) is 12.9. The standard InChI is InChI=1S/C23H32N2O5S/c1-30-23(27)20-9-5-6-10-21(20)31(28,29)24-15-13-17(14-16-24)22(26)25(19-11-12-19)18-7-3-2-4-8-18/h5-6,9-10,17-19H,2-4,7-8,11-16H2,1H3. The third-order valence-electron chi connectivity index (χ3n) is 6.88. The lowest BCUT2D eigenvalue weighted by Gasteiger charge is -2.39. The molecule has 4 rings (SSSR count). The molecular weight excluding hydrogens is 416 g/mol. The Kier molecular flexibility index (Phi) is 6.67. The molecule has 8 heteroatoms. The summed E-state index contributed by atoms with van der Waals surface area (Å²) < 4.78 is 32.6. The Bertz CT molecular complexity index is 914. The average Bonchev–Trinajstić information content (AvgIpc) is 3.64. The number of carbonyl (C=O) groups is 2. The fraction of sp³-hybridized carbons (Fsp3) is 0.652. The first-order valence-electron chi connectivity index (χ1n) is 11.4. The van der Waals surface area contributed by atoms with Gasteiger partial charge in [-0.25, -0.2) is 13.2 Å². The Morgan fingerprint density at radius 1 is 0.935 bits per heavy atom. The van der Waals surface area contributed by atoms with E-state index in [1.54, 1.807) is 12.1 Å². The van der Waals surface area contributed by atoms with Crippen molar-refractivity contribution in [1.29, 1.82) is 0 Å². The molecule has 0 spiro atoms. The van der Waals surface area contributed by atoms with E-state index in [0.29, 0.717) is 24.9 Å². The second kappa shape index (κ2) is 9.28. The number of nitrogens with zero attached hydrogens (tertiary/aromatic N) is 2. The van der Waals surface area contributed by atoms with Gasteiger partial charge in [-0.05, 0) is 50.7 Å². The molecule has 1 aliphatic heterocycles. The maximum absolute atomic E-state index is 13.4. The average molecular weight is 449 g/mol. The van der Waals surface area contributed by atoms with E-state index in [1.165, 1.54) is 42.8 Å². The monoisotopic (exact) mass is 448 g/mol. The van der Waals surface area contributed by atoms with Crippen LogP contribution in [0.2, 0.25) is 0 Å². The van der Waals surface area contributed by atoms with E-state index in [0.717, 1.165) is 25.7 Å². The third-order valence-corrected chi connectivity index (χ3v) is 8.83. The van der Waals surface area contributed by atoms with Crippen LogP contribution in [-0.4, -0.2) is 61.8 Å². The van der Waals surface area contributed by atoms with E-state index in [2.05, 4.69) is 4.90 Å². The van der Waals surface area contributed by atoms with Gasteiger partial charge in [0, 0.05) is 31.1 Å². The Morgan fingerprint density at radius 2 is 1.55 bits per heavy atom. The molecule has 1 aromatic carbocycles. The summed E-state index contributed by atoms with van der Waals surface area (Å²) in [5.41, 5.74) is 0.0420. The predicted molar refractivity (Wildman–Crippen MR) is 116 cm³/mol. The number of benzene rings is 1. The van der Waals surface area contributed by atoms with Crippen LogP contribution in [0.4, 0.5) is 0 Å². The van der Waals surface area contributed by atoms with E-state index in [9.17, 15) is 18.0 Å². The van der Waals surface area contributed by atoms with Crippen molar-refractivity contribution in [1.82, 2.24) is 9.21 Å². The summed E-state index contributed by atoms with van der Waals surface area (Å²) in [5, 5.41) is 0. The molecule has 1 saturated heterocycles.